The smallest absolute Gasteiger partial charge is 0.0969 e. The Morgan fingerprint density at radius 2 is 2.24 bits per heavy atom. The number of hydrogen-bond donors (Lipinski definition) is 1. The molecular formula is C12H15IN4. The van der Waals surface area contributed by atoms with Gasteiger partial charge in [-0.15, -0.1) is 5.10 Å². The number of benzene rings is 1. The van der Waals surface area contributed by atoms with E-state index in [1.54, 1.807) is 0 Å². The molecule has 0 fully saturated rings. The molecule has 90 valence electrons. The molecule has 1 aromatic heterocycles. The average molecular weight is 342 g/mol. The highest BCUT2D eigenvalue weighted by Gasteiger charge is 2.03. The summed E-state index contributed by atoms with van der Waals surface area (Å²) in [6.45, 7) is 5.88. The highest BCUT2D eigenvalue weighted by atomic mass is 127. The molecule has 0 atom stereocenters. The van der Waals surface area contributed by atoms with E-state index in [1.165, 1.54) is 9.13 Å². The predicted molar refractivity (Wildman–Crippen MR) is 76.2 cm³/mol. The maximum Gasteiger partial charge on any atom is 0.0969 e. The van der Waals surface area contributed by atoms with Gasteiger partial charge in [0, 0.05) is 10.1 Å². The summed E-state index contributed by atoms with van der Waals surface area (Å²) < 4.78 is 3.05. The van der Waals surface area contributed by atoms with Crippen LogP contribution < -0.4 is 5.32 Å². The molecule has 0 aliphatic rings. The largest absolute Gasteiger partial charge is 0.311 e. The monoisotopic (exact) mass is 342 g/mol. The fraction of sp³-hybridized carbons (Fsp3) is 0.333. The van der Waals surface area contributed by atoms with Crippen LogP contribution in [0.3, 0.4) is 0 Å². The summed E-state index contributed by atoms with van der Waals surface area (Å²) in [6, 6.07) is 6.27. The minimum atomic E-state index is 0.763. The summed E-state index contributed by atoms with van der Waals surface area (Å²) in [7, 11) is 0. The molecule has 0 spiro atoms. The molecule has 0 radical (unpaired) electrons. The SMILES string of the molecule is CCNCc1cn(-c2ccc(C)c(I)c2)nn1. The Hall–Kier alpha value is -0.950. The third-order valence-corrected chi connectivity index (χ3v) is 3.68. The van der Waals surface area contributed by atoms with Crippen molar-refractivity contribution in [2.45, 2.75) is 20.4 Å². The van der Waals surface area contributed by atoms with Crippen molar-refractivity contribution >= 4 is 22.6 Å². The van der Waals surface area contributed by atoms with Crippen molar-refractivity contribution in [2.75, 3.05) is 6.54 Å². The molecule has 1 aromatic carbocycles. The summed E-state index contributed by atoms with van der Waals surface area (Å²) in [5.74, 6) is 0. The number of nitrogens with one attached hydrogen (secondary N) is 1. The minimum absolute atomic E-state index is 0.763. The summed E-state index contributed by atoms with van der Waals surface area (Å²) in [5.41, 5.74) is 3.29. The van der Waals surface area contributed by atoms with Crippen LogP contribution in [-0.4, -0.2) is 21.5 Å². The van der Waals surface area contributed by atoms with Crippen LogP contribution in [-0.2, 0) is 6.54 Å². The number of halogens is 1. The first-order chi connectivity index (χ1) is 8.20. The van der Waals surface area contributed by atoms with Crippen LogP contribution in [0.25, 0.3) is 5.69 Å². The third-order valence-electron chi connectivity index (χ3n) is 2.52. The third kappa shape index (κ3) is 3.04. The van der Waals surface area contributed by atoms with Crippen LogP contribution in [0.4, 0.5) is 0 Å². The van der Waals surface area contributed by atoms with Crippen molar-refractivity contribution < 1.29 is 0 Å². The zero-order valence-electron chi connectivity index (χ0n) is 9.94. The summed E-state index contributed by atoms with van der Waals surface area (Å²) in [5, 5.41) is 11.5. The van der Waals surface area contributed by atoms with Gasteiger partial charge in [-0.2, -0.15) is 0 Å². The standard InChI is InChI=1S/C12H15IN4/c1-3-14-7-10-8-17(16-15-10)11-5-4-9(2)12(13)6-11/h4-6,8,14H,3,7H2,1-2H3. The number of nitrogens with zero attached hydrogens (tertiary/aromatic N) is 3. The molecule has 0 amide bonds. The van der Waals surface area contributed by atoms with E-state index < -0.39 is 0 Å². The predicted octanol–water partition coefficient (Wildman–Crippen LogP) is 2.29. The van der Waals surface area contributed by atoms with Crippen LogP contribution in [0.1, 0.15) is 18.2 Å². The first-order valence-corrected chi connectivity index (χ1v) is 6.67. The van der Waals surface area contributed by atoms with Gasteiger partial charge in [0.05, 0.1) is 17.6 Å². The summed E-state index contributed by atoms with van der Waals surface area (Å²) >= 11 is 2.33. The quantitative estimate of drug-likeness (QED) is 0.867. The molecule has 0 aliphatic carbocycles. The molecule has 0 saturated heterocycles. The Labute approximate surface area is 115 Å². The van der Waals surface area contributed by atoms with E-state index in [2.05, 4.69) is 70.3 Å². The van der Waals surface area contributed by atoms with Gasteiger partial charge in [-0.3, -0.25) is 0 Å². The fourth-order valence-corrected chi connectivity index (χ4v) is 1.98. The van der Waals surface area contributed by atoms with Crippen LogP contribution >= 0.6 is 22.6 Å². The molecule has 5 heteroatoms. The van der Waals surface area contributed by atoms with Gasteiger partial charge in [0.15, 0.2) is 0 Å². The maximum atomic E-state index is 4.13. The fourth-order valence-electron chi connectivity index (χ4n) is 1.48. The van der Waals surface area contributed by atoms with E-state index in [0.29, 0.717) is 0 Å². The first-order valence-electron chi connectivity index (χ1n) is 5.59. The van der Waals surface area contributed by atoms with Gasteiger partial charge in [-0.05, 0) is 53.8 Å². The lowest BCUT2D eigenvalue weighted by Gasteiger charge is -2.02. The van der Waals surface area contributed by atoms with Gasteiger partial charge in [-0.25, -0.2) is 4.68 Å². The van der Waals surface area contributed by atoms with Gasteiger partial charge < -0.3 is 5.32 Å². The lowest BCUT2D eigenvalue weighted by atomic mass is 10.2. The van der Waals surface area contributed by atoms with E-state index in [4.69, 9.17) is 0 Å². The average Bonchev–Trinajstić information content (AvgIpc) is 2.79. The normalized spacial score (nSPS) is 10.8. The molecule has 2 rings (SSSR count). The van der Waals surface area contributed by atoms with Crippen molar-refractivity contribution in [3.05, 3.63) is 39.2 Å². The van der Waals surface area contributed by atoms with Crippen LogP contribution in [0.2, 0.25) is 0 Å². The highest BCUT2D eigenvalue weighted by molar-refractivity contribution is 14.1. The van der Waals surface area contributed by atoms with Gasteiger partial charge in [0.2, 0.25) is 0 Å². The van der Waals surface area contributed by atoms with Crippen molar-refractivity contribution in [1.82, 2.24) is 20.3 Å². The molecule has 0 aliphatic heterocycles. The van der Waals surface area contributed by atoms with Gasteiger partial charge in [0.1, 0.15) is 0 Å². The molecular weight excluding hydrogens is 327 g/mol. The Kier molecular flexibility index (Phi) is 4.11. The number of aryl methyl sites for hydroxylation is 1. The maximum absolute atomic E-state index is 4.13. The molecule has 17 heavy (non-hydrogen) atoms. The van der Waals surface area contributed by atoms with Crippen molar-refractivity contribution in [3.8, 4) is 5.69 Å². The van der Waals surface area contributed by atoms with E-state index in [0.717, 1.165) is 24.5 Å². The molecule has 4 nitrogen and oxygen atoms in total. The Balaban J connectivity index is 2.21. The Bertz CT molecular complexity index is 507. The number of aromatic nitrogens is 3. The highest BCUT2D eigenvalue weighted by Crippen LogP contribution is 2.16. The van der Waals surface area contributed by atoms with E-state index in [-0.39, 0.29) is 0 Å². The molecule has 0 bridgehead atoms. The van der Waals surface area contributed by atoms with Crippen molar-refractivity contribution in [3.63, 3.8) is 0 Å². The van der Waals surface area contributed by atoms with Crippen molar-refractivity contribution in [2.24, 2.45) is 0 Å². The van der Waals surface area contributed by atoms with E-state index in [9.17, 15) is 0 Å². The zero-order chi connectivity index (χ0) is 12.3. The van der Waals surface area contributed by atoms with Crippen molar-refractivity contribution in [1.29, 1.82) is 0 Å². The zero-order valence-corrected chi connectivity index (χ0v) is 12.1. The van der Waals surface area contributed by atoms with Gasteiger partial charge in [0.25, 0.3) is 0 Å². The van der Waals surface area contributed by atoms with Crippen LogP contribution in [0, 0.1) is 10.5 Å². The minimum Gasteiger partial charge on any atom is -0.311 e. The molecule has 1 heterocycles. The number of hydrogen-bond acceptors (Lipinski definition) is 3. The van der Waals surface area contributed by atoms with Crippen LogP contribution in [0.5, 0.6) is 0 Å². The summed E-state index contributed by atoms with van der Waals surface area (Å²) in [4.78, 5) is 0. The molecule has 0 saturated carbocycles. The Morgan fingerprint density at radius 3 is 2.94 bits per heavy atom. The topological polar surface area (TPSA) is 42.7 Å². The van der Waals surface area contributed by atoms with E-state index in [1.807, 2.05) is 10.9 Å². The number of rotatable bonds is 4. The Morgan fingerprint density at radius 1 is 1.41 bits per heavy atom. The second kappa shape index (κ2) is 5.59. The van der Waals surface area contributed by atoms with Crippen LogP contribution in [0.15, 0.2) is 24.4 Å². The second-order valence-corrected chi connectivity index (χ2v) is 5.03. The molecule has 2 aromatic rings. The lowest BCUT2D eigenvalue weighted by Crippen LogP contribution is -2.11. The van der Waals surface area contributed by atoms with E-state index >= 15 is 0 Å². The lowest BCUT2D eigenvalue weighted by molar-refractivity contribution is 0.705. The molecule has 1 N–H and O–H groups in total. The van der Waals surface area contributed by atoms with Gasteiger partial charge >= 0.3 is 0 Å². The second-order valence-electron chi connectivity index (χ2n) is 3.87. The summed E-state index contributed by atoms with van der Waals surface area (Å²) in [6.07, 6.45) is 1.96. The first kappa shape index (κ1) is 12.5. The van der Waals surface area contributed by atoms with Gasteiger partial charge in [-0.1, -0.05) is 18.2 Å². The molecule has 0 unspecified atom stereocenters.